The van der Waals surface area contributed by atoms with Crippen molar-refractivity contribution in [3.63, 3.8) is 0 Å². The fourth-order valence-corrected chi connectivity index (χ4v) is 3.95. The number of methoxy groups -OCH3 is 2. The summed E-state index contributed by atoms with van der Waals surface area (Å²) in [6.07, 6.45) is 2.75. The van der Waals surface area contributed by atoms with Gasteiger partial charge in [-0.15, -0.1) is 0 Å². The Bertz CT molecular complexity index is 1110. The van der Waals surface area contributed by atoms with Gasteiger partial charge in [0.05, 0.1) is 25.7 Å². The lowest BCUT2D eigenvalue weighted by Gasteiger charge is -2.23. The van der Waals surface area contributed by atoms with Gasteiger partial charge in [0, 0.05) is 24.0 Å². The van der Waals surface area contributed by atoms with Crippen LogP contribution in [-0.4, -0.2) is 32.6 Å². The minimum Gasteiger partial charge on any atom is -0.497 e. The van der Waals surface area contributed by atoms with Crippen LogP contribution in [0.25, 0.3) is 0 Å². The first-order valence-electron chi connectivity index (χ1n) is 8.32. The lowest BCUT2D eigenvalue weighted by Crippen LogP contribution is -2.32. The summed E-state index contributed by atoms with van der Waals surface area (Å²) >= 11 is 0. The largest absolute Gasteiger partial charge is 0.497 e. The Morgan fingerprint density at radius 1 is 0.966 bits per heavy atom. The van der Waals surface area contributed by atoms with Crippen LogP contribution in [0.5, 0.6) is 11.5 Å². The van der Waals surface area contributed by atoms with Crippen LogP contribution in [-0.2, 0) is 16.6 Å². The zero-order chi connectivity index (χ0) is 21.0. The topological polar surface area (TPSA) is 81.6 Å². The number of anilines is 1. The summed E-state index contributed by atoms with van der Waals surface area (Å²) in [4.78, 5) is 7.56. The van der Waals surface area contributed by atoms with Gasteiger partial charge in [-0.3, -0.25) is 0 Å². The van der Waals surface area contributed by atoms with Crippen molar-refractivity contribution in [2.45, 2.75) is 11.4 Å². The highest BCUT2D eigenvalue weighted by atomic mass is 32.2. The standard InChI is InChI=1S/C19H17F2N3O4S/c1-27-14-5-4-13(18(10-14)28-2)12-24(19-22-8-3-9-23-19)29(25,26)15-6-7-16(20)17(21)11-15/h3-11H,12H2,1-2H3. The molecule has 152 valence electrons. The van der Waals surface area contributed by atoms with E-state index in [2.05, 4.69) is 9.97 Å². The summed E-state index contributed by atoms with van der Waals surface area (Å²) in [5.74, 6) is -1.65. The summed E-state index contributed by atoms with van der Waals surface area (Å²) in [5.41, 5.74) is 0.493. The number of benzene rings is 2. The maximum Gasteiger partial charge on any atom is 0.267 e. The van der Waals surface area contributed by atoms with E-state index in [9.17, 15) is 17.2 Å². The van der Waals surface area contributed by atoms with Gasteiger partial charge in [0.1, 0.15) is 11.5 Å². The minimum atomic E-state index is -4.32. The second kappa shape index (κ2) is 8.39. The van der Waals surface area contributed by atoms with Crippen LogP contribution < -0.4 is 13.8 Å². The Kier molecular flexibility index (Phi) is 5.92. The van der Waals surface area contributed by atoms with Crippen molar-refractivity contribution in [2.24, 2.45) is 0 Å². The maximum atomic E-state index is 13.7. The van der Waals surface area contributed by atoms with Gasteiger partial charge >= 0.3 is 0 Å². The van der Waals surface area contributed by atoms with Gasteiger partial charge in [-0.25, -0.2) is 31.5 Å². The first-order valence-corrected chi connectivity index (χ1v) is 9.76. The molecule has 0 aliphatic carbocycles. The molecule has 0 atom stereocenters. The molecule has 7 nitrogen and oxygen atoms in total. The monoisotopic (exact) mass is 421 g/mol. The molecule has 0 bridgehead atoms. The van der Waals surface area contributed by atoms with Crippen molar-refractivity contribution in [1.82, 2.24) is 9.97 Å². The molecule has 3 rings (SSSR count). The third kappa shape index (κ3) is 4.27. The van der Waals surface area contributed by atoms with Gasteiger partial charge in [0.25, 0.3) is 10.0 Å². The Hall–Kier alpha value is -3.27. The second-order valence-electron chi connectivity index (χ2n) is 5.81. The van der Waals surface area contributed by atoms with E-state index in [0.717, 1.165) is 16.4 Å². The van der Waals surface area contributed by atoms with Crippen LogP contribution in [0.3, 0.4) is 0 Å². The average molecular weight is 421 g/mol. The summed E-state index contributed by atoms with van der Waals surface area (Å²) in [6, 6.07) is 8.75. The summed E-state index contributed by atoms with van der Waals surface area (Å²) < 4.78 is 64.8. The van der Waals surface area contributed by atoms with E-state index >= 15 is 0 Å². The molecule has 0 N–H and O–H groups in total. The highest BCUT2D eigenvalue weighted by molar-refractivity contribution is 7.92. The highest BCUT2D eigenvalue weighted by Gasteiger charge is 2.29. The quantitative estimate of drug-likeness (QED) is 0.583. The zero-order valence-electron chi connectivity index (χ0n) is 15.5. The molecule has 1 aromatic heterocycles. The molecule has 0 aliphatic heterocycles. The van der Waals surface area contributed by atoms with Gasteiger partial charge in [-0.1, -0.05) is 0 Å². The maximum absolute atomic E-state index is 13.7. The Labute approximate surface area is 166 Å². The lowest BCUT2D eigenvalue weighted by molar-refractivity contribution is 0.391. The first-order chi connectivity index (χ1) is 13.9. The molecule has 1 heterocycles. The molecule has 0 amide bonds. The third-order valence-corrected chi connectivity index (χ3v) is 5.78. The zero-order valence-corrected chi connectivity index (χ0v) is 16.4. The molecule has 0 radical (unpaired) electrons. The van der Waals surface area contributed by atoms with Gasteiger partial charge in [0.15, 0.2) is 11.6 Å². The molecule has 3 aromatic rings. The fourth-order valence-electron chi connectivity index (χ4n) is 2.58. The first kappa shape index (κ1) is 20.5. The SMILES string of the molecule is COc1ccc(CN(c2ncccn2)S(=O)(=O)c2ccc(F)c(F)c2)c(OC)c1. The van der Waals surface area contributed by atoms with Crippen molar-refractivity contribution >= 4 is 16.0 Å². The van der Waals surface area contributed by atoms with Crippen LogP contribution in [0.4, 0.5) is 14.7 Å². The average Bonchev–Trinajstić information content (AvgIpc) is 2.74. The molecule has 0 saturated carbocycles. The summed E-state index contributed by atoms with van der Waals surface area (Å²) in [7, 11) is -1.39. The summed E-state index contributed by atoms with van der Waals surface area (Å²) in [6.45, 7) is -0.210. The highest BCUT2D eigenvalue weighted by Crippen LogP contribution is 2.29. The molecule has 0 aliphatic rings. The number of hydrogen-bond acceptors (Lipinski definition) is 6. The third-order valence-electron chi connectivity index (χ3n) is 4.06. The Morgan fingerprint density at radius 2 is 1.69 bits per heavy atom. The van der Waals surface area contributed by atoms with Crippen molar-refractivity contribution in [3.05, 3.63) is 72.1 Å². The Balaban J connectivity index is 2.10. The van der Waals surface area contributed by atoms with Crippen LogP contribution in [0, 0.1) is 11.6 Å². The van der Waals surface area contributed by atoms with E-state index < -0.39 is 26.6 Å². The number of halogens is 2. The number of aromatic nitrogens is 2. The van der Waals surface area contributed by atoms with Gasteiger partial charge in [-0.05, 0) is 36.4 Å². The van der Waals surface area contributed by atoms with Crippen LogP contribution in [0.15, 0.2) is 59.8 Å². The van der Waals surface area contributed by atoms with E-state index in [1.54, 1.807) is 18.2 Å². The number of hydrogen-bond donors (Lipinski definition) is 0. The van der Waals surface area contributed by atoms with E-state index in [0.29, 0.717) is 23.1 Å². The molecule has 0 fully saturated rings. The predicted octanol–water partition coefficient (Wildman–Crippen LogP) is 3.17. The molecule has 0 spiro atoms. The summed E-state index contributed by atoms with van der Waals surface area (Å²) in [5, 5.41) is 0. The van der Waals surface area contributed by atoms with Crippen LogP contribution in [0.1, 0.15) is 5.56 Å². The smallest absolute Gasteiger partial charge is 0.267 e. The molecule has 29 heavy (non-hydrogen) atoms. The number of rotatable bonds is 7. The van der Waals surface area contributed by atoms with Gasteiger partial charge in [-0.2, -0.15) is 0 Å². The molecule has 0 saturated heterocycles. The van der Waals surface area contributed by atoms with E-state index in [1.165, 1.54) is 32.7 Å². The van der Waals surface area contributed by atoms with Crippen molar-refractivity contribution in [3.8, 4) is 11.5 Å². The molecule has 0 unspecified atom stereocenters. The van der Waals surface area contributed by atoms with Gasteiger partial charge < -0.3 is 9.47 Å². The van der Waals surface area contributed by atoms with Crippen LogP contribution >= 0.6 is 0 Å². The Morgan fingerprint density at radius 3 is 2.31 bits per heavy atom. The minimum absolute atomic E-state index is 0.130. The van der Waals surface area contributed by atoms with Crippen molar-refractivity contribution in [2.75, 3.05) is 18.5 Å². The fraction of sp³-hybridized carbons (Fsp3) is 0.158. The van der Waals surface area contributed by atoms with Crippen molar-refractivity contribution in [1.29, 1.82) is 0 Å². The van der Waals surface area contributed by atoms with Crippen LogP contribution in [0.2, 0.25) is 0 Å². The van der Waals surface area contributed by atoms with E-state index in [4.69, 9.17) is 9.47 Å². The van der Waals surface area contributed by atoms with E-state index in [1.807, 2.05) is 0 Å². The normalized spacial score (nSPS) is 11.2. The predicted molar refractivity (Wildman–Crippen MR) is 101 cm³/mol. The van der Waals surface area contributed by atoms with Crippen molar-refractivity contribution < 1.29 is 26.7 Å². The number of sulfonamides is 1. The van der Waals surface area contributed by atoms with E-state index in [-0.39, 0.29) is 12.5 Å². The molecular formula is C19H17F2N3O4S. The number of nitrogens with zero attached hydrogens (tertiary/aromatic N) is 3. The molecule has 10 heteroatoms. The molecule has 2 aromatic carbocycles. The molecular weight excluding hydrogens is 404 g/mol. The van der Waals surface area contributed by atoms with Gasteiger partial charge in [0.2, 0.25) is 5.95 Å². The second-order valence-corrected chi connectivity index (χ2v) is 7.68. The number of ether oxygens (including phenoxy) is 2. The lowest BCUT2D eigenvalue weighted by atomic mass is 10.2.